The lowest BCUT2D eigenvalue weighted by Gasteiger charge is -2.44. The van der Waals surface area contributed by atoms with E-state index in [1.165, 1.54) is 45.1 Å². The molecule has 3 nitrogen and oxygen atoms in total. The molecular weight excluding hydrogens is 246 g/mol. The van der Waals surface area contributed by atoms with E-state index in [0.717, 1.165) is 19.6 Å². The Balaban J connectivity index is 2.80. The van der Waals surface area contributed by atoms with E-state index in [4.69, 9.17) is 5.73 Å². The van der Waals surface area contributed by atoms with Gasteiger partial charge in [0.15, 0.2) is 0 Å². The van der Waals surface area contributed by atoms with Crippen LogP contribution in [0.1, 0.15) is 59.3 Å². The van der Waals surface area contributed by atoms with Gasteiger partial charge >= 0.3 is 0 Å². The fourth-order valence-electron chi connectivity index (χ4n) is 3.54. The van der Waals surface area contributed by atoms with Crippen molar-refractivity contribution in [2.45, 2.75) is 64.8 Å². The highest BCUT2D eigenvalue weighted by Crippen LogP contribution is 2.40. The van der Waals surface area contributed by atoms with Crippen molar-refractivity contribution in [2.75, 3.05) is 40.3 Å². The summed E-state index contributed by atoms with van der Waals surface area (Å²) in [5, 5.41) is 0. The van der Waals surface area contributed by atoms with Crippen LogP contribution in [-0.4, -0.2) is 55.6 Å². The molecule has 2 N–H and O–H groups in total. The second-order valence-electron chi connectivity index (χ2n) is 7.74. The molecule has 0 bridgehead atoms. The summed E-state index contributed by atoms with van der Waals surface area (Å²) < 4.78 is 0. The highest BCUT2D eigenvalue weighted by atomic mass is 15.2. The maximum atomic E-state index is 6.28. The van der Waals surface area contributed by atoms with E-state index in [1.807, 2.05) is 0 Å². The minimum absolute atomic E-state index is 0.250. The molecule has 1 fully saturated rings. The minimum atomic E-state index is 0.250. The van der Waals surface area contributed by atoms with Crippen molar-refractivity contribution >= 4 is 0 Å². The third-order valence-corrected chi connectivity index (χ3v) is 5.12. The van der Waals surface area contributed by atoms with Crippen LogP contribution in [0.15, 0.2) is 0 Å². The van der Waals surface area contributed by atoms with Gasteiger partial charge in [0.1, 0.15) is 0 Å². The van der Waals surface area contributed by atoms with Gasteiger partial charge in [-0.05, 0) is 58.2 Å². The van der Waals surface area contributed by atoms with Crippen LogP contribution in [0.4, 0.5) is 0 Å². The maximum absolute atomic E-state index is 6.28. The van der Waals surface area contributed by atoms with Crippen LogP contribution in [0.5, 0.6) is 0 Å². The minimum Gasteiger partial charge on any atom is -0.329 e. The summed E-state index contributed by atoms with van der Waals surface area (Å²) in [5.74, 6) is 0. The topological polar surface area (TPSA) is 32.5 Å². The monoisotopic (exact) mass is 283 g/mol. The zero-order valence-electron chi connectivity index (χ0n) is 14.5. The van der Waals surface area contributed by atoms with E-state index in [9.17, 15) is 0 Å². The van der Waals surface area contributed by atoms with Gasteiger partial charge in [0.05, 0.1) is 0 Å². The summed E-state index contributed by atoms with van der Waals surface area (Å²) in [6.45, 7) is 11.4. The third kappa shape index (κ3) is 5.01. The highest BCUT2D eigenvalue weighted by molar-refractivity contribution is 4.96. The predicted molar refractivity (Wildman–Crippen MR) is 89.1 cm³/mol. The van der Waals surface area contributed by atoms with Crippen molar-refractivity contribution in [1.29, 1.82) is 0 Å². The summed E-state index contributed by atoms with van der Waals surface area (Å²) >= 11 is 0. The summed E-state index contributed by atoms with van der Waals surface area (Å²) in [5.41, 5.74) is 7.02. The van der Waals surface area contributed by atoms with Gasteiger partial charge in [-0.15, -0.1) is 0 Å². The molecule has 0 spiro atoms. The molecular formula is C17H37N3. The molecule has 0 saturated heterocycles. The molecule has 0 aromatic carbocycles. The normalized spacial score (nSPS) is 27.0. The van der Waals surface area contributed by atoms with Crippen LogP contribution in [0.3, 0.4) is 0 Å². The van der Waals surface area contributed by atoms with Crippen LogP contribution in [0, 0.1) is 5.41 Å². The van der Waals surface area contributed by atoms with Crippen molar-refractivity contribution in [3.8, 4) is 0 Å². The van der Waals surface area contributed by atoms with E-state index < -0.39 is 0 Å². The van der Waals surface area contributed by atoms with Crippen LogP contribution in [0.25, 0.3) is 0 Å². The van der Waals surface area contributed by atoms with E-state index in [2.05, 4.69) is 44.7 Å². The molecule has 1 rings (SSSR count). The fourth-order valence-corrected chi connectivity index (χ4v) is 3.54. The average molecular weight is 284 g/mol. The lowest BCUT2D eigenvalue weighted by Crippen LogP contribution is -2.55. The van der Waals surface area contributed by atoms with Crippen molar-refractivity contribution < 1.29 is 0 Å². The molecule has 0 radical (unpaired) electrons. The Morgan fingerprint density at radius 3 is 2.20 bits per heavy atom. The second kappa shape index (κ2) is 7.77. The first-order chi connectivity index (χ1) is 9.35. The molecule has 1 unspecified atom stereocenters. The summed E-state index contributed by atoms with van der Waals surface area (Å²) in [6, 6.07) is 0. The molecule has 20 heavy (non-hydrogen) atoms. The Morgan fingerprint density at radius 1 is 0.950 bits per heavy atom. The number of rotatable bonds is 7. The lowest BCUT2D eigenvalue weighted by atomic mass is 9.83. The number of likely N-dealkylation sites (N-methyl/N-ethyl adjacent to an activating group) is 1. The number of hydrogen-bond donors (Lipinski definition) is 1. The first kappa shape index (κ1) is 17.9. The molecule has 0 heterocycles. The smallest absolute Gasteiger partial charge is 0.0332 e. The fraction of sp³-hybridized carbons (Fsp3) is 1.00. The number of hydrogen-bond acceptors (Lipinski definition) is 3. The summed E-state index contributed by atoms with van der Waals surface area (Å²) in [7, 11) is 4.32. The standard InChI is InChI=1S/C17H37N3/c1-6-12-20(14-13-19(4)5)17(15-18)9-7-8-16(2,3)10-11-17/h6-15,18H2,1-5H3. The molecule has 3 heteroatoms. The van der Waals surface area contributed by atoms with Gasteiger partial charge < -0.3 is 10.6 Å². The highest BCUT2D eigenvalue weighted by Gasteiger charge is 2.38. The van der Waals surface area contributed by atoms with Crippen molar-refractivity contribution in [1.82, 2.24) is 9.80 Å². The van der Waals surface area contributed by atoms with Gasteiger partial charge in [-0.25, -0.2) is 0 Å². The Labute approximate surface area is 126 Å². The van der Waals surface area contributed by atoms with Crippen LogP contribution in [0.2, 0.25) is 0 Å². The van der Waals surface area contributed by atoms with Gasteiger partial charge in [-0.1, -0.05) is 27.2 Å². The first-order valence-corrected chi connectivity index (χ1v) is 8.45. The van der Waals surface area contributed by atoms with E-state index in [1.54, 1.807) is 0 Å². The van der Waals surface area contributed by atoms with Crippen molar-refractivity contribution in [3.05, 3.63) is 0 Å². The van der Waals surface area contributed by atoms with Crippen molar-refractivity contribution in [3.63, 3.8) is 0 Å². The molecule has 0 aromatic heterocycles. The number of nitrogens with zero attached hydrogens (tertiary/aromatic N) is 2. The average Bonchev–Trinajstić information content (AvgIpc) is 2.53. The Kier molecular flexibility index (Phi) is 6.96. The quantitative estimate of drug-likeness (QED) is 0.729. The second-order valence-corrected chi connectivity index (χ2v) is 7.74. The number of nitrogens with two attached hydrogens (primary N) is 1. The molecule has 0 aromatic rings. The summed E-state index contributed by atoms with van der Waals surface area (Å²) in [6.07, 6.45) is 7.75. The summed E-state index contributed by atoms with van der Waals surface area (Å²) in [4.78, 5) is 4.99. The zero-order chi connectivity index (χ0) is 15.2. The maximum Gasteiger partial charge on any atom is 0.0332 e. The molecule has 1 aliphatic rings. The zero-order valence-corrected chi connectivity index (χ0v) is 14.5. The Bertz CT molecular complexity index is 275. The molecule has 0 aliphatic heterocycles. The van der Waals surface area contributed by atoms with Gasteiger partial charge in [-0.3, -0.25) is 4.90 Å². The van der Waals surface area contributed by atoms with E-state index in [-0.39, 0.29) is 5.54 Å². The molecule has 1 saturated carbocycles. The van der Waals surface area contributed by atoms with Crippen LogP contribution >= 0.6 is 0 Å². The van der Waals surface area contributed by atoms with Crippen molar-refractivity contribution in [2.24, 2.45) is 11.1 Å². The van der Waals surface area contributed by atoms with Crippen LogP contribution < -0.4 is 5.73 Å². The predicted octanol–water partition coefficient (Wildman–Crippen LogP) is 2.95. The molecule has 1 aliphatic carbocycles. The Morgan fingerprint density at radius 2 is 1.65 bits per heavy atom. The molecule has 1 atom stereocenters. The van der Waals surface area contributed by atoms with Gasteiger partial charge in [0, 0.05) is 25.2 Å². The lowest BCUT2D eigenvalue weighted by molar-refractivity contribution is 0.0680. The molecule has 120 valence electrons. The van der Waals surface area contributed by atoms with Gasteiger partial charge in [0.2, 0.25) is 0 Å². The van der Waals surface area contributed by atoms with Gasteiger partial charge in [-0.2, -0.15) is 0 Å². The third-order valence-electron chi connectivity index (χ3n) is 5.12. The first-order valence-electron chi connectivity index (χ1n) is 8.45. The van der Waals surface area contributed by atoms with Gasteiger partial charge in [0.25, 0.3) is 0 Å². The largest absolute Gasteiger partial charge is 0.329 e. The van der Waals surface area contributed by atoms with E-state index >= 15 is 0 Å². The van der Waals surface area contributed by atoms with Crippen LogP contribution in [-0.2, 0) is 0 Å². The molecule has 0 amide bonds. The Hall–Kier alpha value is -0.120. The SMILES string of the molecule is CCCN(CCN(C)C)C1(CN)CCCC(C)(C)CC1. The van der Waals surface area contributed by atoms with E-state index in [0.29, 0.717) is 5.41 Å².